The Morgan fingerprint density at radius 1 is 1.43 bits per heavy atom. The molecule has 0 heterocycles. The van der Waals surface area contributed by atoms with E-state index in [0.29, 0.717) is 11.2 Å². The average molecular weight is 192 g/mol. The topological polar surface area (TPSA) is 17.1 Å². The fraction of sp³-hybridized carbons (Fsp3) is 0.923. The van der Waals surface area contributed by atoms with Crippen LogP contribution in [0.5, 0.6) is 0 Å². The van der Waals surface area contributed by atoms with Crippen LogP contribution in [-0.2, 0) is 4.79 Å². The number of ketones is 1. The normalized spacial score (nSPS) is 59.9. The summed E-state index contributed by atoms with van der Waals surface area (Å²) in [6, 6.07) is 0. The van der Waals surface area contributed by atoms with Crippen LogP contribution in [0, 0.1) is 22.2 Å². The van der Waals surface area contributed by atoms with E-state index in [2.05, 4.69) is 20.8 Å². The van der Waals surface area contributed by atoms with E-state index >= 15 is 0 Å². The monoisotopic (exact) mass is 192 g/mol. The Balaban J connectivity index is 2.21. The highest BCUT2D eigenvalue weighted by Crippen LogP contribution is 2.76. The van der Waals surface area contributed by atoms with E-state index < -0.39 is 0 Å². The second kappa shape index (κ2) is 2.10. The molecule has 1 nitrogen and oxygen atoms in total. The molecule has 14 heavy (non-hydrogen) atoms. The van der Waals surface area contributed by atoms with Gasteiger partial charge in [-0.25, -0.2) is 0 Å². The Hall–Kier alpha value is -0.330. The van der Waals surface area contributed by atoms with E-state index in [-0.39, 0.29) is 10.8 Å². The van der Waals surface area contributed by atoms with Crippen molar-refractivity contribution in [1.82, 2.24) is 0 Å². The van der Waals surface area contributed by atoms with E-state index in [4.69, 9.17) is 0 Å². The summed E-state index contributed by atoms with van der Waals surface area (Å²) in [5, 5.41) is 0. The molecule has 78 valence electrons. The smallest absolute Gasteiger partial charge is 0.145 e. The summed E-state index contributed by atoms with van der Waals surface area (Å²) in [5.41, 5.74) is 0.510. The zero-order valence-corrected chi connectivity index (χ0v) is 9.52. The van der Waals surface area contributed by atoms with Crippen LogP contribution in [0.15, 0.2) is 0 Å². The van der Waals surface area contributed by atoms with E-state index in [1.165, 1.54) is 25.7 Å². The maximum atomic E-state index is 12.5. The fourth-order valence-electron chi connectivity index (χ4n) is 5.17. The standard InChI is InChI=1S/C13H20O/c1-4-13-7-9-5-6-11(13,2)8-12(9,3)10(13)14/h9H,4-8H2,1-3H3/t9-,11-,12-,13+/m1/s1. The third-order valence-corrected chi connectivity index (χ3v) is 6.01. The summed E-state index contributed by atoms with van der Waals surface area (Å²) in [6.45, 7) is 6.83. The van der Waals surface area contributed by atoms with Crippen LogP contribution >= 0.6 is 0 Å². The molecule has 0 aromatic rings. The van der Waals surface area contributed by atoms with E-state index in [1.807, 2.05) is 0 Å². The van der Waals surface area contributed by atoms with Gasteiger partial charge >= 0.3 is 0 Å². The molecule has 4 bridgehead atoms. The summed E-state index contributed by atoms with van der Waals surface area (Å²) in [4.78, 5) is 12.5. The molecule has 4 fully saturated rings. The van der Waals surface area contributed by atoms with Crippen molar-refractivity contribution in [2.75, 3.05) is 0 Å². The van der Waals surface area contributed by atoms with Crippen molar-refractivity contribution in [3.05, 3.63) is 0 Å². The average Bonchev–Trinajstić information content (AvgIpc) is 2.44. The van der Waals surface area contributed by atoms with Crippen LogP contribution in [0.2, 0.25) is 0 Å². The summed E-state index contributed by atoms with van der Waals surface area (Å²) < 4.78 is 0. The van der Waals surface area contributed by atoms with Gasteiger partial charge in [0, 0.05) is 10.8 Å². The Bertz CT molecular complexity index is 321. The maximum Gasteiger partial charge on any atom is 0.145 e. The highest BCUT2D eigenvalue weighted by Gasteiger charge is 2.74. The van der Waals surface area contributed by atoms with E-state index in [1.54, 1.807) is 0 Å². The van der Waals surface area contributed by atoms with Gasteiger partial charge in [0.1, 0.15) is 5.78 Å². The number of carbonyl (C=O) groups excluding carboxylic acids is 1. The molecular weight excluding hydrogens is 172 g/mol. The van der Waals surface area contributed by atoms with Crippen LogP contribution in [0.3, 0.4) is 0 Å². The van der Waals surface area contributed by atoms with Gasteiger partial charge in [-0.15, -0.1) is 0 Å². The van der Waals surface area contributed by atoms with Gasteiger partial charge in [-0.1, -0.05) is 20.8 Å². The molecule has 0 aromatic carbocycles. The third-order valence-electron chi connectivity index (χ3n) is 6.01. The molecule has 0 N–H and O–H groups in total. The molecule has 0 saturated heterocycles. The van der Waals surface area contributed by atoms with Gasteiger partial charge < -0.3 is 0 Å². The minimum absolute atomic E-state index is 0.0724. The van der Waals surface area contributed by atoms with Crippen LogP contribution in [-0.4, -0.2) is 5.78 Å². The second-order valence-electron chi connectivity index (χ2n) is 6.36. The quantitative estimate of drug-likeness (QED) is 0.623. The lowest BCUT2D eigenvalue weighted by Crippen LogP contribution is -2.44. The van der Waals surface area contributed by atoms with Crippen LogP contribution in [0.25, 0.3) is 0 Å². The van der Waals surface area contributed by atoms with Crippen molar-refractivity contribution in [2.45, 2.75) is 52.9 Å². The van der Waals surface area contributed by atoms with Gasteiger partial charge in [-0.05, 0) is 43.4 Å². The number of fused-ring (bicyclic) bond motifs is 1. The Morgan fingerprint density at radius 2 is 2.14 bits per heavy atom. The summed E-state index contributed by atoms with van der Waals surface area (Å²) in [5.74, 6) is 1.34. The number of hydrogen-bond acceptors (Lipinski definition) is 1. The third kappa shape index (κ3) is 0.610. The Kier molecular flexibility index (Phi) is 1.34. The molecule has 0 aliphatic heterocycles. The minimum Gasteiger partial charge on any atom is -0.298 e. The van der Waals surface area contributed by atoms with Crippen molar-refractivity contribution < 1.29 is 4.79 Å². The molecule has 0 radical (unpaired) electrons. The lowest BCUT2D eigenvalue weighted by molar-refractivity contribution is -0.131. The number of hydrogen-bond donors (Lipinski definition) is 0. The highest BCUT2D eigenvalue weighted by molar-refractivity contribution is 5.96. The Morgan fingerprint density at radius 3 is 2.57 bits per heavy atom. The summed E-state index contributed by atoms with van der Waals surface area (Å²) >= 11 is 0. The minimum atomic E-state index is 0.0724. The predicted molar refractivity (Wildman–Crippen MR) is 55.9 cm³/mol. The highest BCUT2D eigenvalue weighted by atomic mass is 16.1. The van der Waals surface area contributed by atoms with Crippen molar-refractivity contribution in [3.8, 4) is 0 Å². The van der Waals surface area contributed by atoms with Crippen molar-refractivity contribution in [2.24, 2.45) is 22.2 Å². The summed E-state index contributed by atoms with van der Waals surface area (Å²) in [6.07, 6.45) is 6.06. The number of rotatable bonds is 1. The lowest BCUT2D eigenvalue weighted by Gasteiger charge is -2.51. The molecular formula is C13H20O. The van der Waals surface area contributed by atoms with Gasteiger partial charge in [0.25, 0.3) is 0 Å². The molecule has 4 aliphatic carbocycles. The Labute approximate surface area is 86.3 Å². The zero-order valence-electron chi connectivity index (χ0n) is 9.52. The molecule has 0 spiro atoms. The molecule has 4 atom stereocenters. The van der Waals surface area contributed by atoms with Crippen molar-refractivity contribution in [3.63, 3.8) is 0 Å². The first-order valence-corrected chi connectivity index (χ1v) is 6.03. The van der Waals surface area contributed by atoms with Gasteiger partial charge in [0.05, 0.1) is 0 Å². The van der Waals surface area contributed by atoms with Crippen molar-refractivity contribution in [1.29, 1.82) is 0 Å². The van der Waals surface area contributed by atoms with Crippen LogP contribution in [0.4, 0.5) is 0 Å². The largest absolute Gasteiger partial charge is 0.298 e. The lowest BCUT2D eigenvalue weighted by atomic mass is 9.52. The van der Waals surface area contributed by atoms with Gasteiger partial charge in [0.2, 0.25) is 0 Å². The first kappa shape index (κ1) is 8.94. The maximum absolute atomic E-state index is 12.5. The van der Waals surface area contributed by atoms with Gasteiger partial charge in [-0.3, -0.25) is 4.79 Å². The predicted octanol–water partition coefficient (Wildman–Crippen LogP) is 3.18. The van der Waals surface area contributed by atoms with Crippen LogP contribution in [0.1, 0.15) is 52.9 Å². The molecule has 4 aliphatic rings. The van der Waals surface area contributed by atoms with E-state index in [0.717, 1.165) is 12.3 Å². The van der Waals surface area contributed by atoms with Gasteiger partial charge in [-0.2, -0.15) is 0 Å². The first-order valence-electron chi connectivity index (χ1n) is 6.03. The molecule has 4 rings (SSSR count). The van der Waals surface area contributed by atoms with E-state index in [9.17, 15) is 4.79 Å². The SMILES string of the molecule is CC[C@@]12C[C@H]3CC[C@]1(C)C[C@@]3(C)C2=O. The number of Topliss-reactive ketones (excluding diaryl/α,β-unsaturated/α-hetero) is 1. The zero-order chi connectivity index (χ0) is 10.2. The fourth-order valence-corrected chi connectivity index (χ4v) is 5.17. The summed E-state index contributed by atoms with van der Waals surface area (Å²) in [7, 11) is 0. The second-order valence-corrected chi connectivity index (χ2v) is 6.36. The van der Waals surface area contributed by atoms with Gasteiger partial charge in [0.15, 0.2) is 0 Å². The molecule has 1 heteroatoms. The first-order chi connectivity index (χ1) is 6.48. The molecule has 0 aromatic heterocycles. The number of carbonyl (C=O) groups is 1. The van der Waals surface area contributed by atoms with Crippen molar-refractivity contribution >= 4 is 5.78 Å². The molecule has 0 unspecified atom stereocenters. The molecule has 0 amide bonds. The molecule has 4 saturated carbocycles. The van der Waals surface area contributed by atoms with Crippen LogP contribution < -0.4 is 0 Å².